The smallest absolute Gasteiger partial charge is 0.247 e. The van der Waals surface area contributed by atoms with Crippen LogP contribution in [-0.2, 0) is 40.0 Å². The van der Waals surface area contributed by atoms with Gasteiger partial charge in [-0.1, -0.05) is 96.1 Å². The molecule has 0 aliphatic carbocycles. The van der Waals surface area contributed by atoms with Crippen molar-refractivity contribution < 1.29 is 48.9 Å². The van der Waals surface area contributed by atoms with E-state index in [0.717, 1.165) is 24.2 Å². The van der Waals surface area contributed by atoms with E-state index in [1.54, 1.807) is 12.1 Å². The largest absolute Gasteiger partial charge is 0.507 e. The van der Waals surface area contributed by atoms with Gasteiger partial charge in [-0.25, -0.2) is 0 Å². The van der Waals surface area contributed by atoms with E-state index in [1.165, 1.54) is 120 Å². The Kier molecular flexibility index (Phi) is 21.9. The molecule has 3 atom stereocenters. The standard InChI is InChI=1S/C46H69N7O10/c1-6-7-8-9-10-11-12-13-14-15-16-17-18-19-41(59)52(4)36(30-54)44(61)48-27-39(57)47-29-42(60)53(5)43-32-21-23-38(56)34(26-32)33-24-31(20-22-37(33)55)25-35(46(63)51(2)3)50-40(58)28-49-45(43)62/h20-24,26,35-36,43,54-56H,6-19,25,27-30H2,1-5H3,(H,47,57)(H,48,61)(H,49,62)(H,50,58)/t35-,36+,43?/m0/s1. The zero-order valence-electron chi connectivity index (χ0n) is 37.7. The van der Waals surface area contributed by atoms with Crippen molar-refractivity contribution in [2.75, 3.05) is 54.4 Å². The number of nitrogens with one attached hydrogen (secondary N) is 4. The fraction of sp³-hybridized carbons (Fsp3) is 0.587. The molecule has 1 unspecified atom stereocenters. The van der Waals surface area contributed by atoms with Gasteiger partial charge in [-0.3, -0.25) is 33.6 Å². The number of aliphatic hydroxyl groups is 1. The first-order valence-corrected chi connectivity index (χ1v) is 22.2. The average Bonchev–Trinajstić information content (AvgIpc) is 3.26. The third kappa shape index (κ3) is 16.5. The van der Waals surface area contributed by atoms with Crippen LogP contribution in [0.25, 0.3) is 11.1 Å². The minimum Gasteiger partial charge on any atom is -0.507 e. The summed E-state index contributed by atoms with van der Waals surface area (Å²) in [7, 11) is 5.78. The number of hydrogen-bond acceptors (Lipinski definition) is 10. The number of phenolic OH excluding ortho intramolecular Hbond substituents is 2. The van der Waals surface area contributed by atoms with Crippen molar-refractivity contribution in [3.8, 4) is 22.6 Å². The molecule has 0 fully saturated rings. The predicted molar refractivity (Wildman–Crippen MR) is 238 cm³/mol. The molecular formula is C46H69N7O10. The van der Waals surface area contributed by atoms with Crippen LogP contribution in [0, 0.1) is 0 Å². The molecule has 1 aliphatic rings. The second-order valence-corrected chi connectivity index (χ2v) is 16.5. The van der Waals surface area contributed by atoms with Crippen molar-refractivity contribution in [1.82, 2.24) is 36.0 Å². The van der Waals surface area contributed by atoms with Gasteiger partial charge in [0.25, 0.3) is 0 Å². The van der Waals surface area contributed by atoms with E-state index < -0.39 is 79.8 Å². The summed E-state index contributed by atoms with van der Waals surface area (Å²) in [4.78, 5) is 95.4. The fourth-order valence-electron chi connectivity index (χ4n) is 7.49. The van der Waals surface area contributed by atoms with Crippen molar-refractivity contribution in [2.45, 2.75) is 121 Å². The molecule has 0 spiro atoms. The summed E-state index contributed by atoms with van der Waals surface area (Å²) in [5.41, 5.74) is 1.04. The number of phenols is 2. The zero-order chi connectivity index (χ0) is 46.5. The lowest BCUT2D eigenvalue weighted by atomic mass is 9.94. The second-order valence-electron chi connectivity index (χ2n) is 16.5. The molecule has 1 heterocycles. The Morgan fingerprint density at radius 3 is 1.90 bits per heavy atom. The van der Waals surface area contributed by atoms with Crippen LogP contribution in [0.5, 0.6) is 11.5 Å². The number of likely N-dealkylation sites (N-methyl/N-ethyl adjacent to an activating group) is 3. The lowest BCUT2D eigenvalue weighted by Gasteiger charge is -2.29. The van der Waals surface area contributed by atoms with Gasteiger partial charge in [-0.2, -0.15) is 0 Å². The van der Waals surface area contributed by atoms with Gasteiger partial charge in [0.05, 0.1) is 26.2 Å². The van der Waals surface area contributed by atoms with E-state index in [1.807, 2.05) is 0 Å². The highest BCUT2D eigenvalue weighted by Crippen LogP contribution is 2.38. The molecule has 7 N–H and O–H groups in total. The quantitative estimate of drug-likeness (QED) is 0.0806. The highest BCUT2D eigenvalue weighted by molar-refractivity contribution is 5.95. The number of nitrogens with zero attached hydrogens (tertiary/aromatic N) is 3. The van der Waals surface area contributed by atoms with Crippen LogP contribution in [0.1, 0.15) is 114 Å². The van der Waals surface area contributed by atoms with Crippen molar-refractivity contribution in [1.29, 1.82) is 0 Å². The molecule has 2 aromatic rings. The third-order valence-corrected chi connectivity index (χ3v) is 11.3. The number of carbonyl (C=O) groups is 7. The zero-order valence-corrected chi connectivity index (χ0v) is 37.7. The minimum absolute atomic E-state index is 0.0397. The summed E-state index contributed by atoms with van der Waals surface area (Å²) in [6.45, 7) is -0.181. The molecule has 0 radical (unpaired) electrons. The minimum atomic E-state index is -1.41. The summed E-state index contributed by atoms with van der Waals surface area (Å²) in [5, 5.41) is 41.6. The van der Waals surface area contributed by atoms with Crippen molar-refractivity contribution in [3.05, 3.63) is 47.5 Å². The molecule has 0 aromatic heterocycles. The fourth-order valence-corrected chi connectivity index (χ4v) is 7.49. The number of aliphatic hydroxyl groups excluding tert-OH is 1. The van der Waals surface area contributed by atoms with Gasteiger partial charge in [0.2, 0.25) is 41.4 Å². The Labute approximate surface area is 371 Å². The first-order valence-electron chi connectivity index (χ1n) is 22.2. The lowest BCUT2D eigenvalue weighted by Crippen LogP contribution is -2.52. The van der Waals surface area contributed by atoms with E-state index in [9.17, 15) is 48.9 Å². The van der Waals surface area contributed by atoms with E-state index >= 15 is 0 Å². The molecule has 7 amide bonds. The number of aromatic hydroxyl groups is 2. The highest BCUT2D eigenvalue weighted by atomic mass is 16.3. The molecule has 4 bridgehead atoms. The number of amides is 7. The number of benzene rings is 2. The highest BCUT2D eigenvalue weighted by Gasteiger charge is 2.32. The summed E-state index contributed by atoms with van der Waals surface area (Å²) in [5.74, 6) is -4.93. The van der Waals surface area contributed by atoms with Gasteiger partial charge in [0.1, 0.15) is 29.6 Å². The molecular weight excluding hydrogens is 811 g/mol. The molecule has 0 saturated carbocycles. The molecule has 1 aliphatic heterocycles. The number of fused-ring (bicyclic) bond motifs is 5. The van der Waals surface area contributed by atoms with Crippen molar-refractivity contribution in [3.63, 3.8) is 0 Å². The van der Waals surface area contributed by atoms with Crippen LogP contribution in [0.3, 0.4) is 0 Å². The van der Waals surface area contributed by atoms with E-state index in [4.69, 9.17) is 0 Å². The Hall–Kier alpha value is -5.71. The van der Waals surface area contributed by atoms with E-state index in [0.29, 0.717) is 12.0 Å². The maximum atomic E-state index is 13.8. The van der Waals surface area contributed by atoms with Crippen LogP contribution >= 0.6 is 0 Å². The molecule has 63 heavy (non-hydrogen) atoms. The SMILES string of the molecule is CCCCCCCCCCCCCCCC(=O)N(C)[C@H](CO)C(=O)NCC(=O)NCC(=O)N(C)C1C(=O)NCC(=O)N[C@H](C(=O)N(C)C)Cc2ccc(O)c(c2)-c2cc1ccc2O. The van der Waals surface area contributed by atoms with Crippen LogP contribution in [-0.4, -0.2) is 138 Å². The monoisotopic (exact) mass is 880 g/mol. The van der Waals surface area contributed by atoms with Crippen molar-refractivity contribution >= 4 is 41.4 Å². The average molecular weight is 880 g/mol. The number of carbonyl (C=O) groups excluding carboxylic acids is 7. The maximum absolute atomic E-state index is 13.8. The van der Waals surface area contributed by atoms with Gasteiger partial charge in [-0.15, -0.1) is 0 Å². The maximum Gasteiger partial charge on any atom is 0.247 e. The molecule has 17 nitrogen and oxygen atoms in total. The summed E-state index contributed by atoms with van der Waals surface area (Å²) >= 11 is 0. The van der Waals surface area contributed by atoms with Gasteiger partial charge < -0.3 is 51.3 Å². The molecule has 17 heteroatoms. The molecule has 348 valence electrons. The number of rotatable bonds is 23. The predicted octanol–water partition coefficient (Wildman–Crippen LogP) is 3.04. The third-order valence-electron chi connectivity index (χ3n) is 11.3. The van der Waals surface area contributed by atoms with E-state index in [2.05, 4.69) is 28.2 Å². The molecule has 0 saturated heterocycles. The Balaban J connectivity index is 1.57. The van der Waals surface area contributed by atoms with E-state index in [-0.39, 0.29) is 46.9 Å². The van der Waals surface area contributed by atoms with Gasteiger partial charge in [-0.05, 0) is 41.8 Å². The van der Waals surface area contributed by atoms with Crippen LogP contribution in [0.4, 0.5) is 0 Å². The van der Waals surface area contributed by atoms with Crippen LogP contribution in [0.2, 0.25) is 0 Å². The first-order chi connectivity index (χ1) is 30.1. The lowest BCUT2D eigenvalue weighted by molar-refractivity contribution is -0.141. The van der Waals surface area contributed by atoms with Gasteiger partial charge in [0.15, 0.2) is 0 Å². The molecule has 2 aromatic carbocycles. The second kappa shape index (κ2) is 26.7. The Bertz CT molecular complexity index is 1870. The van der Waals surface area contributed by atoms with Crippen LogP contribution < -0.4 is 21.3 Å². The Morgan fingerprint density at radius 1 is 0.746 bits per heavy atom. The van der Waals surface area contributed by atoms with Crippen LogP contribution in [0.15, 0.2) is 36.4 Å². The normalized spacial score (nSPS) is 15.5. The van der Waals surface area contributed by atoms with Gasteiger partial charge >= 0.3 is 0 Å². The van der Waals surface area contributed by atoms with Crippen molar-refractivity contribution in [2.24, 2.45) is 0 Å². The number of hydrogen-bond donors (Lipinski definition) is 7. The van der Waals surface area contributed by atoms with Gasteiger partial charge in [0, 0.05) is 52.2 Å². The molecule has 3 rings (SSSR count). The topological polar surface area (TPSA) is 238 Å². The Morgan fingerprint density at radius 2 is 1.32 bits per heavy atom. The summed E-state index contributed by atoms with van der Waals surface area (Å²) < 4.78 is 0. The number of unbranched alkanes of at least 4 members (excludes halogenated alkanes) is 12. The first kappa shape index (κ1) is 51.6. The summed E-state index contributed by atoms with van der Waals surface area (Å²) in [6.07, 6.45) is 15.4. The summed E-state index contributed by atoms with van der Waals surface area (Å²) in [6, 6.07) is 4.96.